The van der Waals surface area contributed by atoms with Crippen LogP contribution in [0.1, 0.15) is 43.7 Å². The second-order valence-corrected chi connectivity index (χ2v) is 7.97. The summed E-state index contributed by atoms with van der Waals surface area (Å²) in [6.07, 6.45) is 4.06. The van der Waals surface area contributed by atoms with E-state index in [0.29, 0.717) is 11.7 Å². The lowest BCUT2D eigenvalue weighted by atomic mass is 9.94. The Bertz CT molecular complexity index is 739. The highest BCUT2D eigenvalue weighted by Gasteiger charge is 2.30. The van der Waals surface area contributed by atoms with Crippen LogP contribution in [0.4, 0.5) is 0 Å². The van der Waals surface area contributed by atoms with Crippen molar-refractivity contribution in [1.82, 2.24) is 4.90 Å². The van der Waals surface area contributed by atoms with Crippen LogP contribution in [0, 0.1) is 5.92 Å². The molecule has 1 aliphatic rings. The van der Waals surface area contributed by atoms with Gasteiger partial charge in [0.1, 0.15) is 12.3 Å². The molecule has 0 unspecified atom stereocenters. The van der Waals surface area contributed by atoms with Crippen molar-refractivity contribution in [2.45, 2.75) is 45.7 Å². The van der Waals surface area contributed by atoms with Crippen molar-refractivity contribution in [1.29, 1.82) is 0 Å². The lowest BCUT2D eigenvalue weighted by Gasteiger charge is -2.32. The first kappa shape index (κ1) is 20.4. The summed E-state index contributed by atoms with van der Waals surface area (Å²) in [7, 11) is 0. The van der Waals surface area contributed by atoms with E-state index < -0.39 is 0 Å². The largest absolute Gasteiger partial charge is 0.508 e. The highest BCUT2D eigenvalue weighted by Crippen LogP contribution is 2.17. The molecule has 4 heteroatoms. The molecule has 1 amide bonds. The summed E-state index contributed by atoms with van der Waals surface area (Å²) in [6.45, 7) is 6.68. The zero-order valence-electron chi connectivity index (χ0n) is 16.9. The molecular formula is C24H33N2O2+. The molecule has 0 aliphatic carbocycles. The molecule has 0 saturated carbocycles. The van der Waals surface area contributed by atoms with Gasteiger partial charge in [-0.3, -0.25) is 4.79 Å². The maximum atomic E-state index is 13.2. The van der Waals surface area contributed by atoms with Crippen LogP contribution in [0.25, 0.3) is 0 Å². The standard InChI is InChI=1S/C24H32N2O2/c1-2-3-14-26(19-20-8-5-4-6-9-20)24(28)22-12-15-25(16-13-22)18-21-10-7-11-23(27)17-21/h4-11,17,22,27H,2-3,12-16,18-19H2,1H3/p+1. The SMILES string of the molecule is CCCCN(Cc1ccccc1)C(=O)C1CC[NH+](Cc2cccc(O)c2)CC1. The molecule has 28 heavy (non-hydrogen) atoms. The molecule has 0 aromatic heterocycles. The number of hydrogen-bond donors (Lipinski definition) is 2. The first-order valence-corrected chi connectivity index (χ1v) is 10.6. The van der Waals surface area contributed by atoms with Gasteiger partial charge in [0.05, 0.1) is 13.1 Å². The van der Waals surface area contributed by atoms with Gasteiger partial charge < -0.3 is 14.9 Å². The third-order valence-corrected chi connectivity index (χ3v) is 5.72. The average molecular weight is 382 g/mol. The first-order chi connectivity index (χ1) is 13.7. The van der Waals surface area contributed by atoms with E-state index in [4.69, 9.17) is 0 Å². The number of benzene rings is 2. The summed E-state index contributed by atoms with van der Waals surface area (Å²) in [5, 5.41) is 9.65. The summed E-state index contributed by atoms with van der Waals surface area (Å²) in [4.78, 5) is 16.8. The molecule has 0 radical (unpaired) electrons. The molecule has 1 aliphatic heterocycles. The van der Waals surface area contributed by atoms with Crippen LogP contribution in [-0.2, 0) is 17.9 Å². The van der Waals surface area contributed by atoms with Crippen molar-refractivity contribution in [3.63, 3.8) is 0 Å². The summed E-state index contributed by atoms with van der Waals surface area (Å²) in [5.41, 5.74) is 2.37. The smallest absolute Gasteiger partial charge is 0.226 e. The fourth-order valence-electron chi connectivity index (χ4n) is 4.08. The topological polar surface area (TPSA) is 45.0 Å². The fraction of sp³-hybridized carbons (Fsp3) is 0.458. The number of aromatic hydroxyl groups is 1. The van der Waals surface area contributed by atoms with Crippen molar-refractivity contribution >= 4 is 5.91 Å². The zero-order valence-corrected chi connectivity index (χ0v) is 16.9. The molecule has 3 rings (SSSR count). The van der Waals surface area contributed by atoms with Gasteiger partial charge in [0.2, 0.25) is 5.91 Å². The number of rotatable bonds is 8. The minimum Gasteiger partial charge on any atom is -0.508 e. The van der Waals surface area contributed by atoms with E-state index >= 15 is 0 Å². The molecular weight excluding hydrogens is 348 g/mol. The number of phenolic OH excluding ortho intramolecular Hbond substituents is 1. The van der Waals surface area contributed by atoms with Crippen LogP contribution in [-0.4, -0.2) is 35.5 Å². The van der Waals surface area contributed by atoms with Crippen LogP contribution in [0.5, 0.6) is 5.75 Å². The maximum absolute atomic E-state index is 13.2. The molecule has 0 spiro atoms. The average Bonchev–Trinajstić information content (AvgIpc) is 2.72. The number of amides is 1. The second-order valence-electron chi connectivity index (χ2n) is 7.97. The van der Waals surface area contributed by atoms with Crippen molar-refractivity contribution in [2.24, 2.45) is 5.92 Å². The number of piperidine rings is 1. The Hall–Kier alpha value is -2.33. The van der Waals surface area contributed by atoms with E-state index in [1.165, 1.54) is 10.5 Å². The van der Waals surface area contributed by atoms with Gasteiger partial charge in [0.15, 0.2) is 0 Å². The van der Waals surface area contributed by atoms with E-state index in [1.54, 1.807) is 6.07 Å². The maximum Gasteiger partial charge on any atom is 0.226 e. The van der Waals surface area contributed by atoms with Gasteiger partial charge in [-0.05, 0) is 24.1 Å². The lowest BCUT2D eigenvalue weighted by Crippen LogP contribution is -3.11. The van der Waals surface area contributed by atoms with Gasteiger partial charge in [-0.1, -0.05) is 55.8 Å². The van der Waals surface area contributed by atoms with Crippen LogP contribution < -0.4 is 4.90 Å². The number of carbonyl (C=O) groups excluding carboxylic acids is 1. The molecule has 1 fully saturated rings. The molecule has 0 bridgehead atoms. The number of phenols is 1. The number of unbranched alkanes of at least 4 members (excludes halogenated alkanes) is 1. The first-order valence-electron chi connectivity index (χ1n) is 10.6. The summed E-state index contributed by atoms with van der Waals surface area (Å²) in [6, 6.07) is 17.8. The molecule has 2 aromatic rings. The number of hydrogen-bond acceptors (Lipinski definition) is 2. The van der Waals surface area contributed by atoms with Gasteiger partial charge in [-0.15, -0.1) is 0 Å². The Labute approximate surface area is 168 Å². The summed E-state index contributed by atoms with van der Waals surface area (Å²) >= 11 is 0. The number of nitrogens with zero attached hydrogens (tertiary/aromatic N) is 1. The van der Waals surface area contributed by atoms with Crippen molar-refractivity contribution in [3.05, 3.63) is 65.7 Å². The monoisotopic (exact) mass is 381 g/mol. The Kier molecular flexibility index (Phi) is 7.49. The van der Waals surface area contributed by atoms with Gasteiger partial charge in [0.25, 0.3) is 0 Å². The van der Waals surface area contributed by atoms with Crippen LogP contribution in [0.15, 0.2) is 54.6 Å². The van der Waals surface area contributed by atoms with Crippen LogP contribution >= 0.6 is 0 Å². The highest BCUT2D eigenvalue weighted by molar-refractivity contribution is 5.78. The van der Waals surface area contributed by atoms with E-state index in [9.17, 15) is 9.90 Å². The Morgan fingerprint density at radius 3 is 2.46 bits per heavy atom. The minimum absolute atomic E-state index is 0.147. The molecule has 2 aromatic carbocycles. The molecule has 4 nitrogen and oxygen atoms in total. The summed E-state index contributed by atoms with van der Waals surface area (Å²) < 4.78 is 0. The number of nitrogens with one attached hydrogen (secondary N) is 1. The van der Waals surface area contributed by atoms with Gasteiger partial charge >= 0.3 is 0 Å². The predicted molar refractivity (Wildman–Crippen MR) is 112 cm³/mol. The fourth-order valence-corrected chi connectivity index (χ4v) is 4.08. The summed E-state index contributed by atoms with van der Waals surface area (Å²) in [5.74, 6) is 0.802. The predicted octanol–water partition coefficient (Wildman–Crippen LogP) is 3.02. The van der Waals surface area contributed by atoms with Crippen LogP contribution in [0.2, 0.25) is 0 Å². The van der Waals surface area contributed by atoms with E-state index in [0.717, 1.165) is 64.0 Å². The molecule has 0 atom stereocenters. The molecule has 1 heterocycles. The van der Waals surface area contributed by atoms with Crippen molar-refractivity contribution in [3.8, 4) is 5.75 Å². The Morgan fingerprint density at radius 2 is 1.79 bits per heavy atom. The van der Waals surface area contributed by atoms with Gasteiger partial charge in [-0.2, -0.15) is 0 Å². The molecule has 1 saturated heterocycles. The minimum atomic E-state index is 0.147. The normalized spacial score (nSPS) is 19.3. The zero-order chi connectivity index (χ0) is 19.8. The quantitative estimate of drug-likeness (QED) is 0.738. The van der Waals surface area contributed by atoms with Gasteiger partial charge in [0, 0.05) is 37.4 Å². The number of likely N-dealkylation sites (tertiary alicyclic amines) is 1. The Balaban J connectivity index is 1.55. The Morgan fingerprint density at radius 1 is 1.07 bits per heavy atom. The molecule has 150 valence electrons. The number of quaternary nitrogens is 1. The third-order valence-electron chi connectivity index (χ3n) is 5.72. The third kappa shape index (κ3) is 5.83. The van der Waals surface area contributed by atoms with Crippen molar-refractivity contribution < 1.29 is 14.8 Å². The lowest BCUT2D eigenvalue weighted by molar-refractivity contribution is -0.919. The van der Waals surface area contributed by atoms with Crippen LogP contribution in [0.3, 0.4) is 0 Å². The second kappa shape index (κ2) is 10.3. The van der Waals surface area contributed by atoms with Gasteiger partial charge in [-0.25, -0.2) is 0 Å². The van der Waals surface area contributed by atoms with E-state index in [1.807, 2.05) is 30.3 Å². The van der Waals surface area contributed by atoms with E-state index in [-0.39, 0.29) is 5.92 Å². The van der Waals surface area contributed by atoms with Crippen molar-refractivity contribution in [2.75, 3.05) is 19.6 Å². The molecule has 2 N–H and O–H groups in total. The number of carbonyl (C=O) groups is 1. The van der Waals surface area contributed by atoms with E-state index in [2.05, 4.69) is 30.0 Å². The highest BCUT2D eigenvalue weighted by atomic mass is 16.3.